The van der Waals surface area contributed by atoms with Gasteiger partial charge >= 0.3 is 6.03 Å². The predicted octanol–water partition coefficient (Wildman–Crippen LogP) is 6.26. The largest absolute Gasteiger partial charge is 0.497 e. The highest BCUT2D eigenvalue weighted by atomic mass is 35.5. The van der Waals surface area contributed by atoms with Crippen LogP contribution >= 0.6 is 34.8 Å². The molecular weight excluding hydrogens is 489 g/mol. The van der Waals surface area contributed by atoms with Crippen LogP contribution in [0.3, 0.4) is 0 Å². The fourth-order valence-corrected chi connectivity index (χ4v) is 3.52. The van der Waals surface area contributed by atoms with Gasteiger partial charge < -0.3 is 20.1 Å². The van der Waals surface area contributed by atoms with Crippen LogP contribution in [0.1, 0.15) is 6.92 Å². The quantitative estimate of drug-likeness (QED) is 0.348. The number of methoxy groups -OCH3 is 2. The fraction of sp³-hybridized carbons (Fsp3) is 0.227. The van der Waals surface area contributed by atoms with Crippen LogP contribution in [0.4, 0.5) is 27.9 Å². The third kappa shape index (κ3) is 6.17. The van der Waals surface area contributed by atoms with E-state index in [1.165, 1.54) is 4.90 Å². The number of carbonyl (C=O) groups excluding carboxylic acids is 1. The molecule has 2 amide bonds. The highest BCUT2D eigenvalue weighted by molar-refractivity contribution is 6.49. The second kappa shape index (κ2) is 11.4. The minimum absolute atomic E-state index is 0.0384. The Labute approximate surface area is 206 Å². The lowest BCUT2D eigenvalue weighted by atomic mass is 10.2. The van der Waals surface area contributed by atoms with Crippen molar-refractivity contribution in [3.63, 3.8) is 0 Å². The normalized spacial score (nSPS) is 11.6. The van der Waals surface area contributed by atoms with Gasteiger partial charge in [-0.25, -0.2) is 14.7 Å². The summed E-state index contributed by atoms with van der Waals surface area (Å²) in [4.78, 5) is 23.5. The Morgan fingerprint density at radius 1 is 1.06 bits per heavy atom. The van der Waals surface area contributed by atoms with Gasteiger partial charge in [0.2, 0.25) is 5.95 Å². The number of nitrogens with one attached hydrogen (secondary N) is 2. The summed E-state index contributed by atoms with van der Waals surface area (Å²) in [6, 6.07) is 11.1. The van der Waals surface area contributed by atoms with Crippen molar-refractivity contribution < 1.29 is 14.3 Å². The van der Waals surface area contributed by atoms with E-state index in [9.17, 15) is 4.79 Å². The lowest BCUT2D eigenvalue weighted by molar-refractivity contribution is 0.190. The molecule has 1 atom stereocenters. The van der Waals surface area contributed by atoms with E-state index >= 15 is 0 Å². The van der Waals surface area contributed by atoms with E-state index in [-0.39, 0.29) is 21.1 Å². The molecule has 2 N–H and O–H groups in total. The molecule has 0 unspecified atom stereocenters. The molecule has 0 radical (unpaired) electrons. The fourth-order valence-electron chi connectivity index (χ4n) is 2.93. The zero-order chi connectivity index (χ0) is 24.0. The van der Waals surface area contributed by atoms with Gasteiger partial charge in [-0.3, -0.25) is 0 Å². The lowest BCUT2D eigenvalue weighted by Crippen LogP contribution is -2.32. The SMILES string of the molecule is COC[C@H](C)Nc1nccc(N(C(=O)Nc2ccc(Cl)c(Cl)c2Cl)c2ccc(OC)cc2)n1. The molecular formula is C22H22Cl3N5O3. The predicted molar refractivity (Wildman–Crippen MR) is 133 cm³/mol. The maximum atomic E-state index is 13.4. The monoisotopic (exact) mass is 509 g/mol. The average molecular weight is 511 g/mol. The van der Waals surface area contributed by atoms with Crippen LogP contribution in [0, 0.1) is 0 Å². The summed E-state index contributed by atoms with van der Waals surface area (Å²) in [5.41, 5.74) is 0.842. The summed E-state index contributed by atoms with van der Waals surface area (Å²) in [5, 5.41) is 6.46. The number of aromatic nitrogens is 2. The molecule has 0 aliphatic rings. The van der Waals surface area contributed by atoms with Gasteiger partial charge in [-0.15, -0.1) is 0 Å². The van der Waals surface area contributed by atoms with Crippen LogP contribution in [0.5, 0.6) is 5.75 Å². The number of benzene rings is 2. The van der Waals surface area contributed by atoms with Gasteiger partial charge in [0.05, 0.1) is 40.2 Å². The molecule has 0 fully saturated rings. The topological polar surface area (TPSA) is 88.6 Å². The van der Waals surface area contributed by atoms with Gasteiger partial charge in [0.1, 0.15) is 11.6 Å². The molecule has 0 bridgehead atoms. The second-order valence-electron chi connectivity index (χ2n) is 6.93. The van der Waals surface area contributed by atoms with Crippen LogP contribution in [0.2, 0.25) is 15.1 Å². The summed E-state index contributed by atoms with van der Waals surface area (Å²) in [7, 11) is 3.18. The van der Waals surface area contributed by atoms with Crippen molar-refractivity contribution in [1.29, 1.82) is 0 Å². The molecule has 3 aromatic rings. The zero-order valence-electron chi connectivity index (χ0n) is 18.1. The first-order valence-corrected chi connectivity index (χ1v) is 10.9. The molecule has 0 saturated heterocycles. The van der Waals surface area contributed by atoms with E-state index in [0.29, 0.717) is 35.5 Å². The Balaban J connectivity index is 1.98. The summed E-state index contributed by atoms with van der Waals surface area (Å²) in [6.07, 6.45) is 1.56. The van der Waals surface area contributed by atoms with Crippen molar-refractivity contribution in [1.82, 2.24) is 9.97 Å². The van der Waals surface area contributed by atoms with Crippen LogP contribution < -0.4 is 20.3 Å². The molecule has 0 saturated carbocycles. The lowest BCUT2D eigenvalue weighted by Gasteiger charge is -2.23. The van der Waals surface area contributed by atoms with E-state index in [0.717, 1.165) is 0 Å². The molecule has 174 valence electrons. The maximum Gasteiger partial charge on any atom is 0.332 e. The van der Waals surface area contributed by atoms with Gasteiger partial charge in [-0.05, 0) is 43.3 Å². The van der Waals surface area contributed by atoms with Crippen LogP contribution in [-0.2, 0) is 4.74 Å². The van der Waals surface area contributed by atoms with Gasteiger partial charge in [0, 0.05) is 25.4 Å². The van der Waals surface area contributed by atoms with Gasteiger partial charge in [0.25, 0.3) is 0 Å². The second-order valence-corrected chi connectivity index (χ2v) is 8.09. The smallest absolute Gasteiger partial charge is 0.332 e. The van der Waals surface area contributed by atoms with Crippen LogP contribution in [0.15, 0.2) is 48.7 Å². The molecule has 8 nitrogen and oxygen atoms in total. The van der Waals surface area contributed by atoms with Crippen LogP contribution in [0.25, 0.3) is 0 Å². The number of nitrogens with zero attached hydrogens (tertiary/aromatic N) is 3. The first-order valence-electron chi connectivity index (χ1n) is 9.81. The van der Waals surface area contributed by atoms with Gasteiger partial charge in [0.15, 0.2) is 0 Å². The van der Waals surface area contributed by atoms with Gasteiger partial charge in [-0.2, -0.15) is 4.98 Å². The van der Waals surface area contributed by atoms with Crippen molar-refractivity contribution in [2.24, 2.45) is 0 Å². The number of amides is 2. The van der Waals surface area contributed by atoms with Crippen molar-refractivity contribution in [2.75, 3.05) is 36.4 Å². The molecule has 1 heterocycles. The van der Waals surface area contributed by atoms with Crippen molar-refractivity contribution in [2.45, 2.75) is 13.0 Å². The van der Waals surface area contributed by atoms with E-state index in [2.05, 4.69) is 20.6 Å². The minimum Gasteiger partial charge on any atom is -0.497 e. The molecule has 0 spiro atoms. The minimum atomic E-state index is -0.518. The number of halogens is 3. The highest BCUT2D eigenvalue weighted by Crippen LogP contribution is 2.36. The molecule has 0 aliphatic heterocycles. The van der Waals surface area contributed by atoms with E-state index < -0.39 is 6.03 Å². The number of urea groups is 1. The first-order chi connectivity index (χ1) is 15.8. The zero-order valence-corrected chi connectivity index (χ0v) is 20.4. The molecule has 2 aromatic carbocycles. The van der Waals surface area contributed by atoms with Crippen molar-refractivity contribution in [3.8, 4) is 5.75 Å². The molecule has 33 heavy (non-hydrogen) atoms. The average Bonchev–Trinajstić information content (AvgIpc) is 2.80. The number of carbonyl (C=O) groups is 1. The Morgan fingerprint density at radius 2 is 1.79 bits per heavy atom. The van der Waals surface area contributed by atoms with Crippen molar-refractivity contribution in [3.05, 3.63) is 63.7 Å². The summed E-state index contributed by atoms with van der Waals surface area (Å²) in [5.74, 6) is 1.32. The summed E-state index contributed by atoms with van der Waals surface area (Å²) < 4.78 is 10.4. The van der Waals surface area contributed by atoms with E-state index in [4.69, 9.17) is 44.3 Å². The molecule has 3 rings (SSSR count). The molecule has 1 aromatic heterocycles. The van der Waals surface area contributed by atoms with Gasteiger partial charge in [-0.1, -0.05) is 34.8 Å². The number of ether oxygens (including phenoxy) is 2. The van der Waals surface area contributed by atoms with Crippen LogP contribution in [-0.4, -0.2) is 42.9 Å². The van der Waals surface area contributed by atoms with E-state index in [1.807, 2.05) is 6.92 Å². The Morgan fingerprint density at radius 3 is 2.45 bits per heavy atom. The Kier molecular flexibility index (Phi) is 8.57. The highest BCUT2D eigenvalue weighted by Gasteiger charge is 2.22. The summed E-state index contributed by atoms with van der Waals surface area (Å²) >= 11 is 18.4. The Bertz CT molecular complexity index is 1110. The van der Waals surface area contributed by atoms with Crippen molar-refractivity contribution >= 4 is 64.0 Å². The number of anilines is 4. The third-order valence-electron chi connectivity index (χ3n) is 4.47. The summed E-state index contributed by atoms with van der Waals surface area (Å²) in [6.45, 7) is 2.39. The number of hydrogen-bond acceptors (Lipinski definition) is 6. The Hall–Kier alpha value is -2.78. The standard InChI is InChI=1S/C22H22Cl3N5O3/c1-13(12-32-2)27-21-26-11-10-18(29-21)30(14-4-6-15(33-3)7-5-14)22(31)28-17-9-8-16(23)19(24)20(17)25/h4-11,13H,12H2,1-3H3,(H,28,31)(H,26,27,29)/t13-/m0/s1. The maximum absolute atomic E-state index is 13.4. The number of hydrogen-bond donors (Lipinski definition) is 2. The first kappa shape index (κ1) is 24.9. The molecule has 11 heteroatoms. The van der Waals surface area contributed by atoms with E-state index in [1.54, 1.807) is 62.9 Å². The third-order valence-corrected chi connectivity index (χ3v) is 5.77. The number of rotatable bonds is 8. The molecule has 0 aliphatic carbocycles.